The summed E-state index contributed by atoms with van der Waals surface area (Å²) in [4.78, 5) is 0. The van der Waals surface area contributed by atoms with Crippen LogP contribution in [0.1, 0.15) is 22.8 Å². The lowest BCUT2D eigenvalue weighted by Gasteiger charge is -2.15. The first kappa shape index (κ1) is 15.0. The second-order valence-electron chi connectivity index (χ2n) is 4.16. The molecule has 1 N–H and O–H groups in total. The maximum atomic E-state index is 13.5. The molecular weight excluding hydrogens is 340 g/mol. The van der Waals surface area contributed by atoms with E-state index in [1.165, 1.54) is 0 Å². The summed E-state index contributed by atoms with van der Waals surface area (Å²) in [6.45, 7) is 0. The molecule has 2 aromatic rings. The standard InChI is InChI=1S/C14H9BrF4O/c15-11-4-2-1-3-9(11)13(20)8-5-6-10(12(16)7-8)14(17,18)19/h1-7,13,20H. The molecule has 106 valence electrons. The molecule has 0 aromatic heterocycles. The zero-order chi connectivity index (χ0) is 14.9. The Bertz CT molecular complexity index is 625. The first-order chi connectivity index (χ1) is 9.30. The largest absolute Gasteiger partial charge is 0.419 e. The van der Waals surface area contributed by atoms with E-state index >= 15 is 0 Å². The maximum absolute atomic E-state index is 13.5. The molecule has 0 aliphatic heterocycles. The van der Waals surface area contributed by atoms with Gasteiger partial charge in [0.05, 0.1) is 5.56 Å². The van der Waals surface area contributed by atoms with Gasteiger partial charge in [0.1, 0.15) is 11.9 Å². The number of aliphatic hydroxyl groups excluding tert-OH is 1. The van der Waals surface area contributed by atoms with Gasteiger partial charge in [-0.1, -0.05) is 40.2 Å². The predicted octanol–water partition coefficient (Wildman–Crippen LogP) is 4.69. The minimum absolute atomic E-state index is 0.0578. The van der Waals surface area contributed by atoms with Gasteiger partial charge in [0.25, 0.3) is 0 Å². The number of alkyl halides is 3. The van der Waals surface area contributed by atoms with Crippen LogP contribution in [0.5, 0.6) is 0 Å². The van der Waals surface area contributed by atoms with Gasteiger partial charge in [0.15, 0.2) is 0 Å². The molecule has 6 heteroatoms. The Balaban J connectivity index is 2.40. The van der Waals surface area contributed by atoms with Crippen LogP contribution in [0.3, 0.4) is 0 Å². The van der Waals surface area contributed by atoms with Crippen LogP contribution in [0.15, 0.2) is 46.9 Å². The van der Waals surface area contributed by atoms with Gasteiger partial charge in [-0.25, -0.2) is 4.39 Å². The minimum atomic E-state index is -4.75. The molecule has 0 saturated heterocycles. The van der Waals surface area contributed by atoms with E-state index in [1.54, 1.807) is 24.3 Å². The van der Waals surface area contributed by atoms with Gasteiger partial charge in [0, 0.05) is 4.47 Å². The molecule has 0 aliphatic carbocycles. The number of halogens is 5. The highest BCUT2D eigenvalue weighted by molar-refractivity contribution is 9.10. The van der Waals surface area contributed by atoms with Gasteiger partial charge in [-0.3, -0.25) is 0 Å². The van der Waals surface area contributed by atoms with E-state index in [9.17, 15) is 22.7 Å². The fraction of sp³-hybridized carbons (Fsp3) is 0.143. The van der Waals surface area contributed by atoms with Crippen LogP contribution in [0, 0.1) is 5.82 Å². The van der Waals surface area contributed by atoms with Crippen LogP contribution in [0.4, 0.5) is 17.6 Å². The maximum Gasteiger partial charge on any atom is 0.419 e. The predicted molar refractivity (Wildman–Crippen MR) is 69.6 cm³/mol. The van der Waals surface area contributed by atoms with Crippen molar-refractivity contribution in [3.8, 4) is 0 Å². The van der Waals surface area contributed by atoms with E-state index in [2.05, 4.69) is 15.9 Å². The third-order valence-electron chi connectivity index (χ3n) is 2.81. The SMILES string of the molecule is OC(c1ccc(C(F)(F)F)c(F)c1)c1ccccc1Br. The van der Waals surface area contributed by atoms with E-state index < -0.39 is 23.7 Å². The summed E-state index contributed by atoms with van der Waals surface area (Å²) in [7, 11) is 0. The van der Waals surface area contributed by atoms with Gasteiger partial charge in [0.2, 0.25) is 0 Å². The summed E-state index contributed by atoms with van der Waals surface area (Å²) in [5, 5.41) is 10.1. The Kier molecular flexibility index (Phi) is 4.15. The number of hydrogen-bond donors (Lipinski definition) is 1. The van der Waals surface area contributed by atoms with Gasteiger partial charge in [-0.05, 0) is 29.3 Å². The zero-order valence-electron chi connectivity index (χ0n) is 9.96. The topological polar surface area (TPSA) is 20.2 Å². The molecule has 0 heterocycles. The Hall–Kier alpha value is -1.40. The molecule has 0 fully saturated rings. The fourth-order valence-corrected chi connectivity index (χ4v) is 2.31. The number of rotatable bonds is 2. The average Bonchev–Trinajstić information content (AvgIpc) is 2.37. The third-order valence-corrected chi connectivity index (χ3v) is 3.54. The highest BCUT2D eigenvalue weighted by Crippen LogP contribution is 2.34. The second-order valence-corrected chi connectivity index (χ2v) is 5.02. The van der Waals surface area contributed by atoms with Gasteiger partial charge >= 0.3 is 6.18 Å². The fourth-order valence-electron chi connectivity index (χ4n) is 1.81. The first-order valence-electron chi connectivity index (χ1n) is 5.60. The van der Waals surface area contributed by atoms with Gasteiger partial charge < -0.3 is 5.11 Å². The number of hydrogen-bond acceptors (Lipinski definition) is 1. The summed E-state index contributed by atoms with van der Waals surface area (Å²) >= 11 is 3.23. The molecule has 0 amide bonds. The molecule has 2 aromatic carbocycles. The van der Waals surface area contributed by atoms with Crippen molar-refractivity contribution in [1.82, 2.24) is 0 Å². The van der Waals surface area contributed by atoms with Crippen molar-refractivity contribution in [3.05, 3.63) is 69.4 Å². The van der Waals surface area contributed by atoms with E-state index in [1.807, 2.05) is 0 Å². The molecule has 0 spiro atoms. The molecule has 0 radical (unpaired) electrons. The Morgan fingerprint density at radius 2 is 1.70 bits per heavy atom. The van der Waals surface area contributed by atoms with Crippen molar-refractivity contribution in [1.29, 1.82) is 0 Å². The molecule has 20 heavy (non-hydrogen) atoms. The molecule has 0 saturated carbocycles. The monoisotopic (exact) mass is 348 g/mol. The molecule has 2 rings (SSSR count). The second kappa shape index (κ2) is 5.54. The van der Waals surface area contributed by atoms with Crippen molar-refractivity contribution < 1.29 is 22.7 Å². The van der Waals surface area contributed by atoms with Gasteiger partial charge in [-0.2, -0.15) is 13.2 Å². The third kappa shape index (κ3) is 3.02. The molecule has 1 atom stereocenters. The lowest BCUT2D eigenvalue weighted by atomic mass is 10.00. The smallest absolute Gasteiger partial charge is 0.384 e. The van der Waals surface area contributed by atoms with Crippen molar-refractivity contribution in [3.63, 3.8) is 0 Å². The van der Waals surface area contributed by atoms with Crippen LogP contribution in [-0.2, 0) is 6.18 Å². The van der Waals surface area contributed by atoms with E-state index in [4.69, 9.17) is 0 Å². The quantitative estimate of drug-likeness (QED) is 0.780. The molecule has 0 bridgehead atoms. The van der Waals surface area contributed by atoms with Crippen LogP contribution < -0.4 is 0 Å². The van der Waals surface area contributed by atoms with Crippen LogP contribution in [0.2, 0.25) is 0 Å². The molecule has 1 unspecified atom stereocenters. The lowest BCUT2D eigenvalue weighted by molar-refractivity contribution is -0.140. The van der Waals surface area contributed by atoms with E-state index in [-0.39, 0.29) is 5.56 Å². The summed E-state index contributed by atoms with van der Waals surface area (Å²) in [5.41, 5.74) is -0.838. The van der Waals surface area contributed by atoms with Crippen LogP contribution >= 0.6 is 15.9 Å². The Labute approximate surface area is 121 Å². The normalized spacial score (nSPS) is 13.3. The Morgan fingerprint density at radius 1 is 1.05 bits per heavy atom. The molecule has 1 nitrogen and oxygen atoms in total. The average molecular weight is 349 g/mol. The first-order valence-corrected chi connectivity index (χ1v) is 6.39. The van der Waals surface area contributed by atoms with Crippen molar-refractivity contribution in [2.24, 2.45) is 0 Å². The van der Waals surface area contributed by atoms with E-state index in [0.717, 1.165) is 6.07 Å². The zero-order valence-corrected chi connectivity index (χ0v) is 11.5. The van der Waals surface area contributed by atoms with Crippen molar-refractivity contribution in [2.75, 3.05) is 0 Å². The van der Waals surface area contributed by atoms with Crippen LogP contribution in [-0.4, -0.2) is 5.11 Å². The number of benzene rings is 2. The Morgan fingerprint density at radius 3 is 2.25 bits per heavy atom. The summed E-state index contributed by atoms with van der Waals surface area (Å²) in [6, 6.07) is 9.08. The summed E-state index contributed by atoms with van der Waals surface area (Å²) in [5.74, 6) is -1.40. The summed E-state index contributed by atoms with van der Waals surface area (Å²) in [6.07, 6.45) is -5.96. The van der Waals surface area contributed by atoms with Gasteiger partial charge in [-0.15, -0.1) is 0 Å². The highest BCUT2D eigenvalue weighted by Gasteiger charge is 2.34. The highest BCUT2D eigenvalue weighted by atomic mass is 79.9. The summed E-state index contributed by atoms with van der Waals surface area (Å²) < 4.78 is 51.4. The lowest BCUT2D eigenvalue weighted by Crippen LogP contribution is -2.09. The van der Waals surface area contributed by atoms with E-state index in [0.29, 0.717) is 22.2 Å². The minimum Gasteiger partial charge on any atom is -0.384 e. The van der Waals surface area contributed by atoms with Crippen LogP contribution in [0.25, 0.3) is 0 Å². The van der Waals surface area contributed by atoms with Crippen molar-refractivity contribution >= 4 is 15.9 Å². The number of aliphatic hydroxyl groups is 1. The van der Waals surface area contributed by atoms with Crippen molar-refractivity contribution in [2.45, 2.75) is 12.3 Å². The molecule has 0 aliphatic rings. The molecular formula is C14H9BrF4O.